The van der Waals surface area contributed by atoms with Gasteiger partial charge in [-0.05, 0) is 26.0 Å². The number of aryl methyl sites for hydroxylation is 1. The highest BCUT2D eigenvalue weighted by Crippen LogP contribution is 2.15. The minimum Gasteiger partial charge on any atom is -0.464 e. The first kappa shape index (κ1) is 14.6. The third-order valence-corrected chi connectivity index (χ3v) is 2.79. The van der Waals surface area contributed by atoms with Crippen molar-refractivity contribution in [2.45, 2.75) is 32.9 Å². The van der Waals surface area contributed by atoms with Gasteiger partial charge in [0.25, 0.3) is 0 Å². The molecule has 2 N–H and O–H groups in total. The minimum absolute atomic E-state index is 0.245. The van der Waals surface area contributed by atoms with Crippen molar-refractivity contribution in [3.05, 3.63) is 23.7 Å². The van der Waals surface area contributed by atoms with Crippen LogP contribution in [0.1, 0.15) is 31.4 Å². The van der Waals surface area contributed by atoms with E-state index in [-0.39, 0.29) is 23.6 Å². The smallest absolute Gasteiger partial charge is 0.244 e. The molecule has 2 unspecified atom stereocenters. The van der Waals surface area contributed by atoms with Crippen molar-refractivity contribution in [1.29, 1.82) is 0 Å². The first-order valence-electron chi connectivity index (χ1n) is 5.68. The fraction of sp³-hybridized carbons (Fsp3) is 0.500. The zero-order valence-corrected chi connectivity index (χ0v) is 11.6. The zero-order chi connectivity index (χ0) is 13.7. The first-order valence-corrected chi connectivity index (χ1v) is 6.32. The van der Waals surface area contributed by atoms with Gasteiger partial charge in [0, 0.05) is 12.7 Å². The quantitative estimate of drug-likeness (QED) is 0.704. The van der Waals surface area contributed by atoms with Crippen LogP contribution >= 0.6 is 12.6 Å². The molecule has 1 aromatic rings. The molecule has 0 saturated heterocycles. The molecule has 6 heteroatoms. The van der Waals surface area contributed by atoms with Crippen LogP contribution in [0.3, 0.4) is 0 Å². The summed E-state index contributed by atoms with van der Waals surface area (Å²) >= 11 is 4.04. The van der Waals surface area contributed by atoms with Crippen LogP contribution in [0.25, 0.3) is 0 Å². The summed E-state index contributed by atoms with van der Waals surface area (Å²) < 4.78 is 5.42. The van der Waals surface area contributed by atoms with Crippen molar-refractivity contribution in [3.63, 3.8) is 0 Å². The molecule has 1 rings (SSSR count). The van der Waals surface area contributed by atoms with Crippen LogP contribution in [0, 0.1) is 6.92 Å². The molecule has 0 spiro atoms. The van der Waals surface area contributed by atoms with Gasteiger partial charge in [-0.2, -0.15) is 12.6 Å². The second-order valence-electron chi connectivity index (χ2n) is 4.11. The molecular weight excluding hydrogens is 252 g/mol. The Morgan fingerprint density at radius 1 is 1.39 bits per heavy atom. The van der Waals surface area contributed by atoms with Crippen molar-refractivity contribution in [1.82, 2.24) is 10.6 Å². The van der Waals surface area contributed by atoms with Crippen LogP contribution in [0.5, 0.6) is 0 Å². The van der Waals surface area contributed by atoms with Gasteiger partial charge in [0.2, 0.25) is 11.8 Å². The maximum absolute atomic E-state index is 11.9. The molecule has 0 saturated carbocycles. The average molecular weight is 270 g/mol. The number of carbonyl (C=O) groups excluding carboxylic acids is 2. The Balaban J connectivity index is 2.60. The van der Waals surface area contributed by atoms with Crippen LogP contribution in [0.4, 0.5) is 0 Å². The van der Waals surface area contributed by atoms with Crippen LogP contribution in [-0.2, 0) is 9.59 Å². The SMILES string of the molecule is CC(=O)NC(CS)C(=O)NC(C)c1ccc(C)o1. The maximum Gasteiger partial charge on any atom is 0.244 e. The van der Waals surface area contributed by atoms with E-state index in [1.165, 1.54) is 6.92 Å². The predicted molar refractivity (Wildman–Crippen MR) is 71.5 cm³/mol. The molecule has 0 fully saturated rings. The van der Waals surface area contributed by atoms with Gasteiger partial charge in [-0.25, -0.2) is 0 Å². The van der Waals surface area contributed by atoms with E-state index in [4.69, 9.17) is 4.42 Å². The highest BCUT2D eigenvalue weighted by Gasteiger charge is 2.20. The molecule has 5 nitrogen and oxygen atoms in total. The van der Waals surface area contributed by atoms with Gasteiger partial charge in [-0.15, -0.1) is 0 Å². The number of amides is 2. The summed E-state index contributed by atoms with van der Waals surface area (Å²) in [7, 11) is 0. The number of nitrogens with one attached hydrogen (secondary N) is 2. The maximum atomic E-state index is 11.9. The van der Waals surface area contributed by atoms with Crippen molar-refractivity contribution < 1.29 is 14.0 Å². The van der Waals surface area contributed by atoms with Gasteiger partial charge < -0.3 is 15.1 Å². The Labute approximate surface area is 112 Å². The topological polar surface area (TPSA) is 71.3 Å². The Bertz CT molecular complexity index is 431. The third kappa shape index (κ3) is 4.10. The summed E-state index contributed by atoms with van der Waals surface area (Å²) in [4.78, 5) is 22.8. The highest BCUT2D eigenvalue weighted by atomic mass is 32.1. The average Bonchev–Trinajstić information content (AvgIpc) is 2.72. The molecule has 0 aliphatic heterocycles. The highest BCUT2D eigenvalue weighted by molar-refractivity contribution is 7.80. The summed E-state index contributed by atoms with van der Waals surface area (Å²) in [5, 5.41) is 5.30. The number of hydrogen-bond acceptors (Lipinski definition) is 4. The van der Waals surface area contributed by atoms with Crippen molar-refractivity contribution in [2.75, 3.05) is 5.75 Å². The molecule has 2 atom stereocenters. The molecule has 0 radical (unpaired) electrons. The lowest BCUT2D eigenvalue weighted by Crippen LogP contribution is -2.47. The van der Waals surface area contributed by atoms with Gasteiger partial charge in [-0.1, -0.05) is 0 Å². The molecule has 2 amide bonds. The van der Waals surface area contributed by atoms with Crippen LogP contribution in [0.2, 0.25) is 0 Å². The fourth-order valence-corrected chi connectivity index (χ4v) is 1.77. The largest absolute Gasteiger partial charge is 0.464 e. The second kappa shape index (κ2) is 6.49. The number of hydrogen-bond donors (Lipinski definition) is 3. The molecule has 0 bridgehead atoms. The van der Waals surface area contributed by atoms with Crippen molar-refractivity contribution >= 4 is 24.4 Å². The lowest BCUT2D eigenvalue weighted by molar-refractivity contribution is -0.128. The minimum atomic E-state index is -0.635. The van der Waals surface area contributed by atoms with Crippen LogP contribution in [-0.4, -0.2) is 23.6 Å². The van der Waals surface area contributed by atoms with Crippen molar-refractivity contribution in [3.8, 4) is 0 Å². The van der Waals surface area contributed by atoms with E-state index in [0.717, 1.165) is 5.76 Å². The molecule has 0 aromatic carbocycles. The van der Waals surface area contributed by atoms with E-state index in [0.29, 0.717) is 5.76 Å². The summed E-state index contributed by atoms with van der Waals surface area (Å²) in [6.07, 6.45) is 0. The predicted octanol–water partition coefficient (Wildman–Crippen LogP) is 1.20. The number of carbonyl (C=O) groups is 2. The second-order valence-corrected chi connectivity index (χ2v) is 4.48. The number of thiol groups is 1. The van der Waals surface area contributed by atoms with Gasteiger partial charge in [0.05, 0.1) is 6.04 Å². The number of furan rings is 1. The Hall–Kier alpha value is -1.43. The van der Waals surface area contributed by atoms with Gasteiger partial charge >= 0.3 is 0 Å². The Morgan fingerprint density at radius 2 is 2.06 bits per heavy atom. The van der Waals surface area contributed by atoms with Gasteiger partial charge in [-0.3, -0.25) is 9.59 Å². The van der Waals surface area contributed by atoms with Gasteiger partial charge in [0.15, 0.2) is 0 Å². The Kier molecular flexibility index (Phi) is 5.27. The molecule has 0 aliphatic rings. The first-order chi connectivity index (χ1) is 8.43. The van der Waals surface area contributed by atoms with Gasteiger partial charge in [0.1, 0.15) is 17.6 Å². The fourth-order valence-electron chi connectivity index (χ4n) is 1.51. The normalized spacial score (nSPS) is 13.8. The van der Waals surface area contributed by atoms with E-state index in [9.17, 15) is 9.59 Å². The lowest BCUT2D eigenvalue weighted by Gasteiger charge is -2.18. The van der Waals surface area contributed by atoms with E-state index < -0.39 is 6.04 Å². The molecular formula is C12H18N2O3S. The number of rotatable bonds is 5. The molecule has 18 heavy (non-hydrogen) atoms. The molecule has 0 aliphatic carbocycles. The van der Waals surface area contributed by atoms with Crippen LogP contribution < -0.4 is 10.6 Å². The molecule has 100 valence electrons. The monoisotopic (exact) mass is 270 g/mol. The van der Waals surface area contributed by atoms with E-state index in [2.05, 4.69) is 23.3 Å². The summed E-state index contributed by atoms with van der Waals surface area (Å²) in [6.45, 7) is 5.02. The zero-order valence-electron chi connectivity index (χ0n) is 10.7. The summed E-state index contributed by atoms with van der Waals surface area (Å²) in [6, 6.07) is 2.77. The van der Waals surface area contributed by atoms with E-state index in [1.807, 2.05) is 26.0 Å². The van der Waals surface area contributed by atoms with Crippen LogP contribution in [0.15, 0.2) is 16.5 Å². The molecule has 1 aromatic heterocycles. The standard InChI is InChI=1S/C12H18N2O3S/c1-7-4-5-11(17-7)8(2)13-12(16)10(6-18)14-9(3)15/h4-5,8,10,18H,6H2,1-3H3,(H,13,16)(H,14,15). The van der Waals surface area contributed by atoms with Crippen molar-refractivity contribution in [2.24, 2.45) is 0 Å². The Morgan fingerprint density at radius 3 is 2.50 bits per heavy atom. The third-order valence-electron chi connectivity index (χ3n) is 2.42. The summed E-state index contributed by atoms with van der Waals surface area (Å²) in [5.74, 6) is 1.18. The lowest BCUT2D eigenvalue weighted by atomic mass is 10.2. The van der Waals surface area contributed by atoms with E-state index in [1.54, 1.807) is 0 Å². The molecule has 1 heterocycles. The van der Waals surface area contributed by atoms with E-state index >= 15 is 0 Å². The summed E-state index contributed by atoms with van der Waals surface area (Å²) in [5.41, 5.74) is 0.